The van der Waals surface area contributed by atoms with Gasteiger partial charge in [-0.1, -0.05) is 17.4 Å². The number of hydrogen-bond donors (Lipinski definition) is 1. The molecule has 1 aromatic carbocycles. The highest BCUT2D eigenvalue weighted by atomic mass is 32.1. The van der Waals surface area contributed by atoms with Crippen LogP contribution in [0.4, 0.5) is 5.13 Å². The number of ether oxygens (including phenoxy) is 3. The number of carbonyl (C=O) groups excluding carboxylic acids is 2. The Balaban J connectivity index is 1.95. The molecule has 1 heterocycles. The highest BCUT2D eigenvalue weighted by Gasteiger charge is 2.17. The fourth-order valence-corrected chi connectivity index (χ4v) is 3.29. The molecule has 8 heteroatoms. The Morgan fingerprint density at radius 1 is 1.19 bits per heavy atom. The number of rotatable bonds is 9. The Bertz CT molecular complexity index is 803. The SMILES string of the molecule is CCOC(=O)c1sc(NC(=O)CCc2ccc(OCC)c(OC)c2)nc1C. The van der Waals surface area contributed by atoms with E-state index in [1.165, 1.54) is 0 Å². The molecule has 0 saturated heterocycles. The second-order valence-corrected chi connectivity index (χ2v) is 6.62. The van der Waals surface area contributed by atoms with Gasteiger partial charge in [-0.25, -0.2) is 9.78 Å². The van der Waals surface area contributed by atoms with Gasteiger partial charge in [-0.15, -0.1) is 0 Å². The predicted octanol–water partition coefficient (Wildman–Crippen LogP) is 3.61. The minimum Gasteiger partial charge on any atom is -0.493 e. The Morgan fingerprint density at radius 2 is 1.96 bits per heavy atom. The summed E-state index contributed by atoms with van der Waals surface area (Å²) in [6, 6.07) is 5.61. The van der Waals surface area contributed by atoms with Crippen molar-refractivity contribution in [1.82, 2.24) is 4.98 Å². The zero-order valence-electron chi connectivity index (χ0n) is 16.0. The van der Waals surface area contributed by atoms with Crippen LogP contribution in [0.1, 0.15) is 41.2 Å². The van der Waals surface area contributed by atoms with E-state index in [0.717, 1.165) is 16.9 Å². The summed E-state index contributed by atoms with van der Waals surface area (Å²) in [6.07, 6.45) is 0.828. The van der Waals surface area contributed by atoms with Crippen LogP contribution in [0.25, 0.3) is 0 Å². The first kappa shape index (κ1) is 20.7. The summed E-state index contributed by atoms with van der Waals surface area (Å²) in [7, 11) is 1.58. The van der Waals surface area contributed by atoms with E-state index < -0.39 is 5.97 Å². The Kier molecular flexibility index (Phi) is 7.60. The zero-order chi connectivity index (χ0) is 19.8. The van der Waals surface area contributed by atoms with Gasteiger partial charge in [-0.3, -0.25) is 4.79 Å². The van der Waals surface area contributed by atoms with Crippen LogP contribution < -0.4 is 14.8 Å². The van der Waals surface area contributed by atoms with Crippen molar-refractivity contribution >= 4 is 28.3 Å². The molecular formula is C19H24N2O5S. The maximum absolute atomic E-state index is 12.2. The summed E-state index contributed by atoms with van der Waals surface area (Å²) in [5, 5.41) is 3.13. The molecule has 2 rings (SSSR count). The summed E-state index contributed by atoms with van der Waals surface area (Å²) < 4.78 is 15.8. The molecule has 1 amide bonds. The lowest BCUT2D eigenvalue weighted by molar-refractivity contribution is -0.116. The molecule has 146 valence electrons. The van der Waals surface area contributed by atoms with Crippen molar-refractivity contribution in [2.45, 2.75) is 33.6 Å². The van der Waals surface area contributed by atoms with Gasteiger partial charge < -0.3 is 19.5 Å². The molecule has 0 unspecified atom stereocenters. The highest BCUT2D eigenvalue weighted by Crippen LogP contribution is 2.28. The average molecular weight is 392 g/mol. The van der Waals surface area contributed by atoms with E-state index in [1.807, 2.05) is 25.1 Å². The van der Waals surface area contributed by atoms with Crippen LogP contribution >= 0.6 is 11.3 Å². The number of benzene rings is 1. The minimum atomic E-state index is -0.422. The number of aryl methyl sites for hydroxylation is 2. The van der Waals surface area contributed by atoms with Crippen LogP contribution in [0, 0.1) is 6.92 Å². The Hall–Kier alpha value is -2.61. The summed E-state index contributed by atoms with van der Waals surface area (Å²) >= 11 is 1.12. The average Bonchev–Trinajstić information content (AvgIpc) is 3.01. The summed E-state index contributed by atoms with van der Waals surface area (Å²) in [6.45, 7) is 6.21. The monoisotopic (exact) mass is 392 g/mol. The second kappa shape index (κ2) is 9.91. The van der Waals surface area contributed by atoms with Crippen LogP contribution in [0.3, 0.4) is 0 Å². The van der Waals surface area contributed by atoms with Crippen molar-refractivity contribution in [2.24, 2.45) is 0 Å². The minimum absolute atomic E-state index is 0.174. The lowest BCUT2D eigenvalue weighted by Crippen LogP contribution is -2.12. The lowest BCUT2D eigenvalue weighted by atomic mass is 10.1. The second-order valence-electron chi connectivity index (χ2n) is 5.62. The molecule has 27 heavy (non-hydrogen) atoms. The van der Waals surface area contributed by atoms with E-state index in [2.05, 4.69) is 10.3 Å². The molecule has 0 bridgehead atoms. The first-order valence-corrected chi connectivity index (χ1v) is 9.54. The van der Waals surface area contributed by atoms with Gasteiger partial charge in [0, 0.05) is 6.42 Å². The predicted molar refractivity (Wildman–Crippen MR) is 104 cm³/mol. The summed E-state index contributed by atoms with van der Waals surface area (Å²) in [5.74, 6) is 0.726. The standard InChI is InChI=1S/C19H24N2O5S/c1-5-25-14-9-7-13(11-15(14)24-4)8-10-16(22)21-19-20-12(3)17(27-19)18(23)26-6-2/h7,9,11H,5-6,8,10H2,1-4H3,(H,20,21,22). The summed E-state index contributed by atoms with van der Waals surface area (Å²) in [5.41, 5.74) is 1.51. The first-order chi connectivity index (χ1) is 13.0. The first-order valence-electron chi connectivity index (χ1n) is 8.72. The fraction of sp³-hybridized carbons (Fsp3) is 0.421. The van der Waals surface area contributed by atoms with Crippen LogP contribution in [0.15, 0.2) is 18.2 Å². The molecule has 0 radical (unpaired) electrons. The van der Waals surface area contributed by atoms with Gasteiger partial charge in [-0.05, 0) is 44.9 Å². The molecule has 0 fully saturated rings. The van der Waals surface area contributed by atoms with E-state index in [-0.39, 0.29) is 12.3 Å². The number of thiazole rings is 1. The van der Waals surface area contributed by atoms with Crippen molar-refractivity contribution in [1.29, 1.82) is 0 Å². The van der Waals surface area contributed by atoms with E-state index >= 15 is 0 Å². The number of carbonyl (C=O) groups is 2. The number of esters is 1. The van der Waals surface area contributed by atoms with Crippen molar-refractivity contribution in [3.05, 3.63) is 34.3 Å². The Morgan fingerprint density at radius 3 is 2.63 bits per heavy atom. The summed E-state index contributed by atoms with van der Waals surface area (Å²) in [4.78, 5) is 28.7. The fourth-order valence-electron chi connectivity index (χ4n) is 2.42. The van der Waals surface area contributed by atoms with Crippen molar-refractivity contribution in [2.75, 3.05) is 25.6 Å². The number of methoxy groups -OCH3 is 1. The maximum atomic E-state index is 12.2. The van der Waals surface area contributed by atoms with Gasteiger partial charge in [0.05, 0.1) is 26.0 Å². The molecular weight excluding hydrogens is 368 g/mol. The number of nitrogens with zero attached hydrogens (tertiary/aromatic N) is 1. The third-order valence-electron chi connectivity index (χ3n) is 3.67. The molecule has 0 aliphatic carbocycles. The number of nitrogens with one attached hydrogen (secondary N) is 1. The molecule has 0 atom stereocenters. The van der Waals surface area contributed by atoms with Gasteiger partial charge in [-0.2, -0.15) is 0 Å². The number of amides is 1. The van der Waals surface area contributed by atoms with E-state index in [0.29, 0.717) is 46.8 Å². The van der Waals surface area contributed by atoms with E-state index in [4.69, 9.17) is 14.2 Å². The molecule has 0 aliphatic heterocycles. The van der Waals surface area contributed by atoms with Crippen LogP contribution in [-0.2, 0) is 16.0 Å². The van der Waals surface area contributed by atoms with Gasteiger partial charge in [0.1, 0.15) is 4.88 Å². The molecule has 0 aliphatic rings. The normalized spacial score (nSPS) is 10.4. The van der Waals surface area contributed by atoms with Crippen LogP contribution in [-0.4, -0.2) is 37.2 Å². The third-order valence-corrected chi connectivity index (χ3v) is 4.73. The molecule has 0 saturated carbocycles. The van der Waals surface area contributed by atoms with Gasteiger partial charge >= 0.3 is 5.97 Å². The smallest absolute Gasteiger partial charge is 0.350 e. The highest BCUT2D eigenvalue weighted by molar-refractivity contribution is 7.17. The third kappa shape index (κ3) is 5.68. The van der Waals surface area contributed by atoms with Crippen molar-refractivity contribution < 1.29 is 23.8 Å². The number of anilines is 1. The van der Waals surface area contributed by atoms with Crippen LogP contribution in [0.5, 0.6) is 11.5 Å². The van der Waals surface area contributed by atoms with Crippen LogP contribution in [0.2, 0.25) is 0 Å². The van der Waals surface area contributed by atoms with E-state index in [9.17, 15) is 9.59 Å². The number of aromatic nitrogens is 1. The number of hydrogen-bond acceptors (Lipinski definition) is 7. The lowest BCUT2D eigenvalue weighted by Gasteiger charge is -2.10. The maximum Gasteiger partial charge on any atom is 0.350 e. The van der Waals surface area contributed by atoms with Crippen molar-refractivity contribution in [3.8, 4) is 11.5 Å². The largest absolute Gasteiger partial charge is 0.493 e. The molecule has 7 nitrogen and oxygen atoms in total. The molecule has 1 aromatic heterocycles. The van der Waals surface area contributed by atoms with Gasteiger partial charge in [0.15, 0.2) is 16.6 Å². The Labute approximate surface area is 162 Å². The molecule has 0 spiro atoms. The van der Waals surface area contributed by atoms with E-state index in [1.54, 1.807) is 21.0 Å². The van der Waals surface area contributed by atoms with Gasteiger partial charge in [0.2, 0.25) is 5.91 Å². The molecule has 2 aromatic rings. The topological polar surface area (TPSA) is 86.8 Å². The zero-order valence-corrected chi connectivity index (χ0v) is 16.8. The van der Waals surface area contributed by atoms with Gasteiger partial charge in [0.25, 0.3) is 0 Å². The molecule has 1 N–H and O–H groups in total. The van der Waals surface area contributed by atoms with Crippen molar-refractivity contribution in [3.63, 3.8) is 0 Å². The quantitative estimate of drug-likeness (QED) is 0.656.